The van der Waals surface area contributed by atoms with E-state index in [1.54, 1.807) is 35.4 Å². The van der Waals surface area contributed by atoms with Crippen molar-refractivity contribution in [3.05, 3.63) is 89.1 Å². The van der Waals surface area contributed by atoms with Gasteiger partial charge in [-0.05, 0) is 54.1 Å². The van der Waals surface area contributed by atoms with Crippen molar-refractivity contribution in [2.24, 2.45) is 0 Å². The Labute approximate surface area is 158 Å². The third-order valence-corrected chi connectivity index (χ3v) is 4.31. The second-order valence-corrected chi connectivity index (χ2v) is 6.58. The highest BCUT2D eigenvalue weighted by molar-refractivity contribution is 6.30. The summed E-state index contributed by atoms with van der Waals surface area (Å²) in [6.45, 7) is 0.437. The average molecular weight is 366 g/mol. The number of aromatic nitrogens is 1. The van der Waals surface area contributed by atoms with Crippen molar-refractivity contribution in [3.8, 4) is 0 Å². The summed E-state index contributed by atoms with van der Waals surface area (Å²) in [5.74, 6) is 0.501. The molecule has 0 saturated heterocycles. The van der Waals surface area contributed by atoms with Gasteiger partial charge in [0.15, 0.2) is 0 Å². The van der Waals surface area contributed by atoms with E-state index in [-0.39, 0.29) is 5.91 Å². The smallest absolute Gasteiger partial charge is 0.259 e. The summed E-state index contributed by atoms with van der Waals surface area (Å²) in [4.78, 5) is 21.1. The minimum absolute atomic E-state index is 0.114. The third-order valence-electron chi connectivity index (χ3n) is 4.06. The van der Waals surface area contributed by atoms with Crippen LogP contribution in [-0.2, 0) is 6.54 Å². The van der Waals surface area contributed by atoms with Gasteiger partial charge in [0.05, 0.1) is 6.54 Å². The van der Waals surface area contributed by atoms with Gasteiger partial charge in [-0.1, -0.05) is 29.8 Å². The molecule has 3 rings (SSSR count). The van der Waals surface area contributed by atoms with Crippen LogP contribution in [0.3, 0.4) is 0 Å². The molecule has 26 heavy (non-hydrogen) atoms. The van der Waals surface area contributed by atoms with Gasteiger partial charge >= 0.3 is 0 Å². The van der Waals surface area contributed by atoms with Gasteiger partial charge in [0.25, 0.3) is 5.91 Å². The van der Waals surface area contributed by atoms with E-state index in [0.717, 1.165) is 11.3 Å². The minimum atomic E-state index is -0.114. The summed E-state index contributed by atoms with van der Waals surface area (Å²) in [5, 5.41) is 0.602. The Kier molecular flexibility index (Phi) is 5.54. The van der Waals surface area contributed by atoms with Crippen LogP contribution in [0.15, 0.2) is 72.9 Å². The van der Waals surface area contributed by atoms with Crippen LogP contribution in [0.4, 0.5) is 11.5 Å². The van der Waals surface area contributed by atoms with Crippen molar-refractivity contribution in [1.29, 1.82) is 0 Å². The average Bonchev–Trinajstić information content (AvgIpc) is 2.67. The van der Waals surface area contributed by atoms with Crippen LogP contribution in [0.25, 0.3) is 0 Å². The fourth-order valence-corrected chi connectivity index (χ4v) is 2.73. The van der Waals surface area contributed by atoms with E-state index in [9.17, 15) is 4.79 Å². The van der Waals surface area contributed by atoms with E-state index < -0.39 is 0 Å². The first-order chi connectivity index (χ1) is 12.5. The highest BCUT2D eigenvalue weighted by atomic mass is 35.5. The zero-order valence-corrected chi connectivity index (χ0v) is 15.5. The first-order valence-electron chi connectivity index (χ1n) is 8.29. The molecule has 1 heterocycles. The van der Waals surface area contributed by atoms with Crippen LogP contribution in [-0.4, -0.2) is 25.0 Å². The van der Waals surface area contributed by atoms with E-state index in [2.05, 4.69) is 4.98 Å². The molecule has 0 atom stereocenters. The highest BCUT2D eigenvalue weighted by Crippen LogP contribution is 2.20. The topological polar surface area (TPSA) is 36.4 Å². The van der Waals surface area contributed by atoms with Gasteiger partial charge in [0.1, 0.15) is 5.82 Å². The summed E-state index contributed by atoms with van der Waals surface area (Å²) in [5.41, 5.74) is 2.72. The van der Waals surface area contributed by atoms with E-state index in [1.807, 2.05) is 61.5 Å². The lowest BCUT2D eigenvalue weighted by Gasteiger charge is -2.22. The maximum atomic E-state index is 13.1. The predicted molar refractivity (Wildman–Crippen MR) is 107 cm³/mol. The van der Waals surface area contributed by atoms with Crippen LogP contribution in [0.2, 0.25) is 5.02 Å². The minimum Gasteiger partial charge on any atom is -0.378 e. The van der Waals surface area contributed by atoms with Gasteiger partial charge in [-0.2, -0.15) is 0 Å². The number of pyridine rings is 1. The lowest BCUT2D eigenvalue weighted by molar-refractivity contribution is 0.0984. The van der Waals surface area contributed by atoms with Crippen LogP contribution in [0, 0.1) is 0 Å². The van der Waals surface area contributed by atoms with Crippen molar-refractivity contribution >= 4 is 29.0 Å². The number of benzene rings is 2. The van der Waals surface area contributed by atoms with Crippen molar-refractivity contribution in [2.45, 2.75) is 6.54 Å². The summed E-state index contributed by atoms with van der Waals surface area (Å²) in [6, 6.07) is 20.6. The number of rotatable bonds is 5. The number of carbonyl (C=O) groups is 1. The van der Waals surface area contributed by atoms with Crippen LogP contribution >= 0.6 is 11.6 Å². The second-order valence-electron chi connectivity index (χ2n) is 6.15. The number of amides is 1. The number of halogens is 1. The van der Waals surface area contributed by atoms with E-state index in [4.69, 9.17) is 11.6 Å². The fourth-order valence-electron chi connectivity index (χ4n) is 2.60. The van der Waals surface area contributed by atoms with E-state index >= 15 is 0 Å². The molecule has 5 heteroatoms. The molecule has 0 N–H and O–H groups in total. The summed E-state index contributed by atoms with van der Waals surface area (Å²) >= 11 is 5.94. The number of nitrogens with zero attached hydrogens (tertiary/aromatic N) is 3. The molecule has 0 aliphatic heterocycles. The van der Waals surface area contributed by atoms with Gasteiger partial charge in [0, 0.05) is 36.6 Å². The Bertz CT molecular complexity index is 862. The molecule has 2 aromatic carbocycles. The maximum Gasteiger partial charge on any atom is 0.259 e. The Hall–Kier alpha value is -2.85. The first kappa shape index (κ1) is 18.0. The largest absolute Gasteiger partial charge is 0.378 e. The van der Waals surface area contributed by atoms with Gasteiger partial charge < -0.3 is 4.90 Å². The van der Waals surface area contributed by atoms with Gasteiger partial charge in [0.2, 0.25) is 0 Å². The molecule has 0 bridgehead atoms. The number of hydrogen-bond donors (Lipinski definition) is 0. The van der Waals surface area contributed by atoms with Crippen molar-refractivity contribution in [1.82, 2.24) is 4.98 Å². The standard InChI is InChI=1S/C21H20ClN3O/c1-24(2)19-12-6-16(7-13-19)15-25(20-5-3-4-14-23-20)21(26)17-8-10-18(22)11-9-17/h3-14H,15H2,1-2H3. The SMILES string of the molecule is CN(C)c1ccc(CN(C(=O)c2ccc(Cl)cc2)c2ccccn2)cc1. The molecule has 0 saturated carbocycles. The molecular weight excluding hydrogens is 346 g/mol. The summed E-state index contributed by atoms with van der Waals surface area (Å²) in [6.07, 6.45) is 1.69. The van der Waals surface area contributed by atoms with Crippen LogP contribution in [0.5, 0.6) is 0 Å². The molecule has 0 aliphatic rings. The molecule has 4 nitrogen and oxygen atoms in total. The van der Waals surface area contributed by atoms with Crippen molar-refractivity contribution in [3.63, 3.8) is 0 Å². The molecule has 1 aromatic heterocycles. The molecular formula is C21H20ClN3O. The van der Waals surface area contributed by atoms with Gasteiger partial charge in [-0.3, -0.25) is 9.69 Å². The Morgan fingerprint density at radius 2 is 1.65 bits per heavy atom. The molecule has 1 amide bonds. The molecule has 0 aliphatic carbocycles. The normalized spacial score (nSPS) is 10.4. The Balaban J connectivity index is 1.91. The summed E-state index contributed by atoms with van der Waals surface area (Å²) in [7, 11) is 4.00. The Morgan fingerprint density at radius 3 is 2.23 bits per heavy atom. The second kappa shape index (κ2) is 8.02. The molecule has 0 spiro atoms. The summed E-state index contributed by atoms with van der Waals surface area (Å²) < 4.78 is 0. The number of hydrogen-bond acceptors (Lipinski definition) is 3. The molecule has 0 fully saturated rings. The van der Waals surface area contributed by atoms with Crippen molar-refractivity contribution in [2.75, 3.05) is 23.9 Å². The number of carbonyl (C=O) groups excluding carboxylic acids is 1. The van der Waals surface area contributed by atoms with E-state index in [0.29, 0.717) is 22.9 Å². The molecule has 0 unspecified atom stereocenters. The highest BCUT2D eigenvalue weighted by Gasteiger charge is 2.19. The lowest BCUT2D eigenvalue weighted by Crippen LogP contribution is -2.31. The van der Waals surface area contributed by atoms with Gasteiger partial charge in [-0.25, -0.2) is 4.98 Å². The zero-order chi connectivity index (χ0) is 18.5. The van der Waals surface area contributed by atoms with Crippen molar-refractivity contribution < 1.29 is 4.79 Å². The first-order valence-corrected chi connectivity index (χ1v) is 8.67. The zero-order valence-electron chi connectivity index (χ0n) is 14.8. The third kappa shape index (κ3) is 4.21. The molecule has 132 valence electrons. The lowest BCUT2D eigenvalue weighted by atomic mass is 10.1. The fraction of sp³-hybridized carbons (Fsp3) is 0.143. The predicted octanol–water partition coefficient (Wildman–Crippen LogP) is 4.65. The maximum absolute atomic E-state index is 13.1. The monoisotopic (exact) mass is 365 g/mol. The Morgan fingerprint density at radius 1 is 0.962 bits per heavy atom. The van der Waals surface area contributed by atoms with Crippen LogP contribution in [0.1, 0.15) is 15.9 Å². The van der Waals surface area contributed by atoms with Crippen LogP contribution < -0.4 is 9.80 Å². The van der Waals surface area contributed by atoms with Gasteiger partial charge in [-0.15, -0.1) is 0 Å². The van der Waals surface area contributed by atoms with E-state index in [1.165, 1.54) is 0 Å². The number of anilines is 2. The molecule has 3 aromatic rings. The molecule has 0 radical (unpaired) electrons. The quantitative estimate of drug-likeness (QED) is 0.660.